The number of halogens is 1. The standard InChI is InChI=1S/C13H19BrO/c1-3-4-5-6-10(2)11-7-8-13(15)12(14)9-11/h7-10,15H,3-6H2,1-2H3. The summed E-state index contributed by atoms with van der Waals surface area (Å²) in [6.07, 6.45) is 5.09. The van der Waals surface area contributed by atoms with E-state index < -0.39 is 0 Å². The molecule has 0 heterocycles. The highest BCUT2D eigenvalue weighted by molar-refractivity contribution is 9.10. The minimum Gasteiger partial charge on any atom is -0.507 e. The van der Waals surface area contributed by atoms with Crippen molar-refractivity contribution < 1.29 is 5.11 Å². The quantitative estimate of drug-likeness (QED) is 0.760. The zero-order chi connectivity index (χ0) is 11.3. The van der Waals surface area contributed by atoms with Crippen LogP contribution in [0.1, 0.15) is 51.0 Å². The summed E-state index contributed by atoms with van der Waals surface area (Å²) in [6.45, 7) is 4.47. The molecule has 1 rings (SSSR count). The van der Waals surface area contributed by atoms with Gasteiger partial charge < -0.3 is 5.11 Å². The number of hydrogen-bond acceptors (Lipinski definition) is 1. The minimum atomic E-state index is 0.319. The lowest BCUT2D eigenvalue weighted by Crippen LogP contribution is -1.93. The van der Waals surface area contributed by atoms with E-state index in [9.17, 15) is 5.11 Å². The van der Waals surface area contributed by atoms with Gasteiger partial charge in [-0.25, -0.2) is 0 Å². The van der Waals surface area contributed by atoms with Crippen molar-refractivity contribution in [2.24, 2.45) is 0 Å². The van der Waals surface area contributed by atoms with E-state index in [-0.39, 0.29) is 0 Å². The molecule has 1 nitrogen and oxygen atoms in total. The molecule has 0 aromatic heterocycles. The highest BCUT2D eigenvalue weighted by Crippen LogP contribution is 2.29. The third-order valence-electron chi connectivity index (χ3n) is 2.78. The SMILES string of the molecule is CCCCCC(C)c1ccc(O)c(Br)c1. The first-order valence-corrected chi connectivity index (χ1v) is 6.43. The molecule has 0 aliphatic carbocycles. The van der Waals surface area contributed by atoms with E-state index in [0.717, 1.165) is 4.47 Å². The zero-order valence-electron chi connectivity index (χ0n) is 9.46. The fourth-order valence-electron chi connectivity index (χ4n) is 1.70. The smallest absolute Gasteiger partial charge is 0.129 e. The van der Waals surface area contributed by atoms with E-state index >= 15 is 0 Å². The van der Waals surface area contributed by atoms with Gasteiger partial charge >= 0.3 is 0 Å². The molecule has 15 heavy (non-hydrogen) atoms. The predicted molar refractivity (Wildman–Crippen MR) is 68.4 cm³/mol. The second-order valence-electron chi connectivity index (χ2n) is 4.11. The summed E-state index contributed by atoms with van der Waals surface area (Å²) >= 11 is 3.35. The number of benzene rings is 1. The van der Waals surface area contributed by atoms with Crippen LogP contribution in [0.3, 0.4) is 0 Å². The van der Waals surface area contributed by atoms with Crippen molar-refractivity contribution in [1.82, 2.24) is 0 Å². The number of hydrogen-bond donors (Lipinski definition) is 1. The van der Waals surface area contributed by atoms with E-state index in [1.54, 1.807) is 6.07 Å². The normalized spacial score (nSPS) is 12.7. The van der Waals surface area contributed by atoms with Crippen molar-refractivity contribution >= 4 is 15.9 Å². The van der Waals surface area contributed by atoms with E-state index in [2.05, 4.69) is 29.8 Å². The van der Waals surface area contributed by atoms with Crippen LogP contribution in [0.2, 0.25) is 0 Å². The van der Waals surface area contributed by atoms with Gasteiger partial charge in [0.1, 0.15) is 5.75 Å². The summed E-state index contributed by atoms with van der Waals surface area (Å²) in [5.41, 5.74) is 1.30. The van der Waals surface area contributed by atoms with Crippen molar-refractivity contribution in [3.05, 3.63) is 28.2 Å². The molecular formula is C13H19BrO. The Morgan fingerprint density at radius 3 is 2.67 bits per heavy atom. The molecule has 0 bridgehead atoms. The Labute approximate surface area is 101 Å². The van der Waals surface area contributed by atoms with Gasteiger partial charge in [-0.05, 0) is 46.0 Å². The summed E-state index contributed by atoms with van der Waals surface area (Å²) < 4.78 is 0.794. The third-order valence-corrected chi connectivity index (χ3v) is 3.42. The predicted octanol–water partition coefficient (Wildman–Crippen LogP) is 4.84. The van der Waals surface area contributed by atoms with E-state index in [4.69, 9.17) is 0 Å². The molecule has 0 fully saturated rings. The van der Waals surface area contributed by atoms with Crippen molar-refractivity contribution in [2.75, 3.05) is 0 Å². The molecule has 0 aliphatic rings. The molecule has 1 aromatic carbocycles. The maximum absolute atomic E-state index is 9.39. The van der Waals surface area contributed by atoms with Crippen molar-refractivity contribution in [2.45, 2.75) is 45.4 Å². The molecule has 1 unspecified atom stereocenters. The second kappa shape index (κ2) is 6.16. The topological polar surface area (TPSA) is 20.2 Å². The van der Waals surface area contributed by atoms with Gasteiger partial charge in [0, 0.05) is 0 Å². The van der Waals surface area contributed by atoms with Gasteiger partial charge in [0.15, 0.2) is 0 Å². The summed E-state index contributed by atoms with van der Waals surface area (Å²) in [6, 6.07) is 5.79. The van der Waals surface area contributed by atoms with Gasteiger partial charge in [-0.2, -0.15) is 0 Å². The second-order valence-corrected chi connectivity index (χ2v) is 4.96. The molecule has 0 spiro atoms. The molecule has 1 aromatic rings. The van der Waals surface area contributed by atoms with E-state index in [1.807, 2.05) is 12.1 Å². The highest BCUT2D eigenvalue weighted by atomic mass is 79.9. The maximum atomic E-state index is 9.39. The number of phenols is 1. The third kappa shape index (κ3) is 3.86. The number of rotatable bonds is 5. The fraction of sp³-hybridized carbons (Fsp3) is 0.538. The maximum Gasteiger partial charge on any atom is 0.129 e. The van der Waals surface area contributed by atoms with E-state index in [1.165, 1.54) is 31.2 Å². The van der Waals surface area contributed by atoms with Crippen LogP contribution in [0, 0.1) is 0 Å². The van der Waals surface area contributed by atoms with Crippen LogP contribution in [-0.4, -0.2) is 5.11 Å². The van der Waals surface area contributed by atoms with Crippen LogP contribution in [0.25, 0.3) is 0 Å². The van der Waals surface area contributed by atoms with Gasteiger partial charge in [0.2, 0.25) is 0 Å². The molecule has 0 amide bonds. The lowest BCUT2D eigenvalue weighted by Gasteiger charge is -2.12. The summed E-state index contributed by atoms with van der Waals surface area (Å²) in [4.78, 5) is 0. The molecule has 0 saturated heterocycles. The summed E-state index contributed by atoms with van der Waals surface area (Å²) in [5.74, 6) is 0.896. The van der Waals surface area contributed by atoms with Crippen LogP contribution >= 0.6 is 15.9 Å². The van der Waals surface area contributed by atoms with Gasteiger partial charge in [0.25, 0.3) is 0 Å². The van der Waals surface area contributed by atoms with Crippen LogP contribution in [-0.2, 0) is 0 Å². The van der Waals surface area contributed by atoms with Gasteiger partial charge in [-0.3, -0.25) is 0 Å². The number of phenolic OH excluding ortho intramolecular Hbond substituents is 1. The Bertz CT molecular complexity index is 309. The van der Waals surface area contributed by atoms with Gasteiger partial charge in [-0.1, -0.05) is 39.2 Å². The molecule has 1 N–H and O–H groups in total. The Balaban J connectivity index is 2.57. The Morgan fingerprint density at radius 2 is 2.07 bits per heavy atom. The fourth-order valence-corrected chi connectivity index (χ4v) is 2.09. The Morgan fingerprint density at radius 1 is 1.33 bits per heavy atom. The van der Waals surface area contributed by atoms with Gasteiger partial charge in [0.05, 0.1) is 4.47 Å². The molecule has 84 valence electrons. The molecule has 0 aliphatic heterocycles. The van der Waals surface area contributed by atoms with Crippen molar-refractivity contribution in [3.8, 4) is 5.75 Å². The molecular weight excluding hydrogens is 252 g/mol. The average molecular weight is 271 g/mol. The first-order valence-electron chi connectivity index (χ1n) is 5.63. The van der Waals surface area contributed by atoms with Crippen LogP contribution in [0.5, 0.6) is 5.75 Å². The Kier molecular flexibility index (Phi) is 5.16. The average Bonchev–Trinajstić information content (AvgIpc) is 2.22. The highest BCUT2D eigenvalue weighted by Gasteiger charge is 2.07. The zero-order valence-corrected chi connectivity index (χ0v) is 11.0. The lowest BCUT2D eigenvalue weighted by molar-refractivity contribution is 0.471. The summed E-state index contributed by atoms with van der Waals surface area (Å²) in [5, 5.41) is 9.39. The first kappa shape index (κ1) is 12.6. The Hall–Kier alpha value is -0.500. The van der Waals surface area contributed by atoms with E-state index in [0.29, 0.717) is 11.7 Å². The number of aromatic hydroxyl groups is 1. The summed E-state index contributed by atoms with van der Waals surface area (Å²) in [7, 11) is 0. The molecule has 0 saturated carbocycles. The van der Waals surface area contributed by atoms with Crippen LogP contribution in [0.4, 0.5) is 0 Å². The molecule has 2 heteroatoms. The molecule has 1 atom stereocenters. The lowest BCUT2D eigenvalue weighted by atomic mass is 9.95. The monoisotopic (exact) mass is 270 g/mol. The number of unbranched alkanes of at least 4 members (excludes halogenated alkanes) is 2. The van der Waals surface area contributed by atoms with Crippen molar-refractivity contribution in [3.63, 3.8) is 0 Å². The molecule has 0 radical (unpaired) electrons. The minimum absolute atomic E-state index is 0.319. The van der Waals surface area contributed by atoms with Crippen LogP contribution < -0.4 is 0 Å². The van der Waals surface area contributed by atoms with Gasteiger partial charge in [-0.15, -0.1) is 0 Å². The largest absolute Gasteiger partial charge is 0.507 e. The van der Waals surface area contributed by atoms with Crippen LogP contribution in [0.15, 0.2) is 22.7 Å². The van der Waals surface area contributed by atoms with Crippen molar-refractivity contribution in [1.29, 1.82) is 0 Å². The first-order chi connectivity index (χ1) is 7.15.